The Morgan fingerprint density at radius 3 is 2.81 bits per heavy atom. The largest absolute Gasteiger partial charge is 0.313 e. The van der Waals surface area contributed by atoms with Crippen LogP contribution < -0.4 is 5.32 Å². The van der Waals surface area contributed by atoms with Gasteiger partial charge < -0.3 is 10.2 Å². The normalized spacial score (nSPS) is 34.1. The maximum absolute atomic E-state index is 3.66. The minimum Gasteiger partial charge on any atom is -0.313 e. The van der Waals surface area contributed by atoms with Gasteiger partial charge in [0.25, 0.3) is 0 Å². The number of hydrogen-bond donors (Lipinski definition) is 1. The van der Waals surface area contributed by atoms with Crippen molar-refractivity contribution in [3.05, 3.63) is 0 Å². The van der Waals surface area contributed by atoms with Crippen LogP contribution in [0.5, 0.6) is 0 Å². The molecule has 1 N–H and O–H groups in total. The average molecular weight is 225 g/mol. The Bertz CT molecular complexity index is 201. The maximum atomic E-state index is 3.66. The molecule has 2 aliphatic heterocycles. The molecule has 0 radical (unpaired) electrons. The molecule has 2 unspecified atom stereocenters. The Kier molecular flexibility index (Phi) is 4.62. The highest BCUT2D eigenvalue weighted by molar-refractivity contribution is 4.83. The van der Waals surface area contributed by atoms with E-state index >= 15 is 0 Å². The molecule has 0 aromatic rings. The van der Waals surface area contributed by atoms with Crippen molar-refractivity contribution in [3.63, 3.8) is 0 Å². The van der Waals surface area contributed by atoms with E-state index in [1.165, 1.54) is 58.4 Å². The minimum absolute atomic E-state index is 0.759. The third-order valence-corrected chi connectivity index (χ3v) is 4.22. The lowest BCUT2D eigenvalue weighted by Crippen LogP contribution is -2.54. The zero-order valence-corrected chi connectivity index (χ0v) is 10.9. The summed E-state index contributed by atoms with van der Waals surface area (Å²) in [6, 6.07) is 1.53. The van der Waals surface area contributed by atoms with E-state index in [0.717, 1.165) is 12.1 Å². The number of piperazine rings is 1. The van der Waals surface area contributed by atoms with Crippen molar-refractivity contribution < 1.29 is 0 Å². The Morgan fingerprint density at radius 1 is 1.25 bits per heavy atom. The summed E-state index contributed by atoms with van der Waals surface area (Å²) in [5.74, 6) is 0. The van der Waals surface area contributed by atoms with Crippen molar-refractivity contribution in [2.75, 3.05) is 39.8 Å². The smallest absolute Gasteiger partial charge is 0.0218 e. The fraction of sp³-hybridized carbons (Fsp3) is 1.00. The number of likely N-dealkylation sites (N-methyl/N-ethyl adjacent to an activating group) is 1. The lowest BCUT2D eigenvalue weighted by atomic mass is 10.0. The van der Waals surface area contributed by atoms with E-state index in [1.807, 2.05) is 0 Å². The zero-order chi connectivity index (χ0) is 11.4. The summed E-state index contributed by atoms with van der Waals surface area (Å²) in [5, 5.41) is 3.66. The SMILES string of the molecule is CCC1CN(CC2CCCCN2)CCN1C. The van der Waals surface area contributed by atoms with Crippen LogP contribution in [0.4, 0.5) is 0 Å². The van der Waals surface area contributed by atoms with E-state index in [2.05, 4.69) is 29.1 Å². The first-order valence-corrected chi connectivity index (χ1v) is 6.95. The minimum atomic E-state index is 0.759. The molecule has 2 saturated heterocycles. The van der Waals surface area contributed by atoms with Gasteiger partial charge in [-0.15, -0.1) is 0 Å². The summed E-state index contributed by atoms with van der Waals surface area (Å²) >= 11 is 0. The highest BCUT2D eigenvalue weighted by atomic mass is 15.3. The van der Waals surface area contributed by atoms with Gasteiger partial charge in [-0.2, -0.15) is 0 Å². The van der Waals surface area contributed by atoms with E-state index in [-0.39, 0.29) is 0 Å². The highest BCUT2D eigenvalue weighted by Gasteiger charge is 2.25. The molecule has 0 aromatic carbocycles. The summed E-state index contributed by atoms with van der Waals surface area (Å²) in [6.07, 6.45) is 5.45. The first-order chi connectivity index (χ1) is 7.79. The van der Waals surface area contributed by atoms with Gasteiger partial charge in [0.2, 0.25) is 0 Å². The fourth-order valence-electron chi connectivity index (χ4n) is 3.01. The van der Waals surface area contributed by atoms with Crippen molar-refractivity contribution in [1.29, 1.82) is 0 Å². The molecule has 2 aliphatic rings. The van der Waals surface area contributed by atoms with Crippen molar-refractivity contribution in [2.45, 2.75) is 44.7 Å². The van der Waals surface area contributed by atoms with E-state index in [1.54, 1.807) is 0 Å². The topological polar surface area (TPSA) is 18.5 Å². The molecule has 2 atom stereocenters. The molecule has 2 rings (SSSR count). The summed E-state index contributed by atoms with van der Waals surface area (Å²) in [4.78, 5) is 5.18. The van der Waals surface area contributed by atoms with Gasteiger partial charge in [-0.25, -0.2) is 0 Å². The first-order valence-electron chi connectivity index (χ1n) is 6.95. The lowest BCUT2D eigenvalue weighted by molar-refractivity contribution is 0.0832. The molecule has 0 aromatic heterocycles. The van der Waals surface area contributed by atoms with Crippen LogP contribution in [0.3, 0.4) is 0 Å². The van der Waals surface area contributed by atoms with E-state index in [9.17, 15) is 0 Å². The average Bonchev–Trinajstić information content (AvgIpc) is 2.33. The van der Waals surface area contributed by atoms with Crippen molar-refractivity contribution in [3.8, 4) is 0 Å². The predicted octanol–water partition coefficient (Wildman–Crippen LogP) is 1.15. The van der Waals surface area contributed by atoms with Crippen LogP contribution in [0.25, 0.3) is 0 Å². The number of nitrogens with one attached hydrogen (secondary N) is 1. The first kappa shape index (κ1) is 12.3. The van der Waals surface area contributed by atoms with Crippen molar-refractivity contribution in [1.82, 2.24) is 15.1 Å². The Hall–Kier alpha value is -0.120. The number of piperidine rings is 1. The van der Waals surface area contributed by atoms with Crippen LogP contribution in [0.2, 0.25) is 0 Å². The number of hydrogen-bond acceptors (Lipinski definition) is 3. The van der Waals surface area contributed by atoms with Crippen LogP contribution in [-0.4, -0.2) is 61.7 Å². The summed E-state index contributed by atoms with van der Waals surface area (Å²) in [5.41, 5.74) is 0. The molecule has 3 heteroatoms. The van der Waals surface area contributed by atoms with Crippen LogP contribution in [0, 0.1) is 0 Å². The van der Waals surface area contributed by atoms with Crippen molar-refractivity contribution in [2.24, 2.45) is 0 Å². The van der Waals surface area contributed by atoms with Gasteiger partial charge in [0, 0.05) is 38.3 Å². The Balaban J connectivity index is 1.76. The second-order valence-corrected chi connectivity index (χ2v) is 5.45. The summed E-state index contributed by atoms with van der Waals surface area (Å²) < 4.78 is 0. The second-order valence-electron chi connectivity index (χ2n) is 5.45. The lowest BCUT2D eigenvalue weighted by Gasteiger charge is -2.41. The molecule has 0 amide bonds. The van der Waals surface area contributed by atoms with Crippen LogP contribution in [-0.2, 0) is 0 Å². The van der Waals surface area contributed by atoms with Gasteiger partial charge in [0.15, 0.2) is 0 Å². The molecule has 16 heavy (non-hydrogen) atoms. The molecule has 0 spiro atoms. The molecule has 94 valence electrons. The number of rotatable bonds is 3. The predicted molar refractivity (Wildman–Crippen MR) is 68.8 cm³/mol. The van der Waals surface area contributed by atoms with Gasteiger partial charge >= 0.3 is 0 Å². The molecular weight excluding hydrogens is 198 g/mol. The maximum Gasteiger partial charge on any atom is 0.0218 e. The Labute approximate surface area is 100 Å². The summed E-state index contributed by atoms with van der Waals surface area (Å²) in [7, 11) is 2.27. The molecule has 2 heterocycles. The standard InChI is InChI=1S/C13H27N3/c1-3-13-11-16(9-8-15(13)2)10-12-6-4-5-7-14-12/h12-14H,3-11H2,1-2H3. The zero-order valence-electron chi connectivity index (χ0n) is 10.9. The van der Waals surface area contributed by atoms with Gasteiger partial charge in [0.1, 0.15) is 0 Å². The highest BCUT2D eigenvalue weighted by Crippen LogP contribution is 2.13. The fourth-order valence-corrected chi connectivity index (χ4v) is 3.01. The molecule has 0 bridgehead atoms. The van der Waals surface area contributed by atoms with Crippen LogP contribution in [0.1, 0.15) is 32.6 Å². The van der Waals surface area contributed by atoms with E-state index in [4.69, 9.17) is 0 Å². The van der Waals surface area contributed by atoms with Crippen molar-refractivity contribution >= 4 is 0 Å². The third-order valence-electron chi connectivity index (χ3n) is 4.22. The van der Waals surface area contributed by atoms with Crippen LogP contribution in [0.15, 0.2) is 0 Å². The molecule has 3 nitrogen and oxygen atoms in total. The monoisotopic (exact) mass is 225 g/mol. The third kappa shape index (κ3) is 3.19. The molecule has 2 fully saturated rings. The second kappa shape index (κ2) is 5.99. The van der Waals surface area contributed by atoms with Gasteiger partial charge in [-0.1, -0.05) is 13.3 Å². The van der Waals surface area contributed by atoms with Gasteiger partial charge in [0.05, 0.1) is 0 Å². The molecular formula is C13H27N3. The summed E-state index contributed by atoms with van der Waals surface area (Å²) in [6.45, 7) is 8.57. The van der Waals surface area contributed by atoms with E-state index < -0.39 is 0 Å². The molecule has 0 saturated carbocycles. The van der Waals surface area contributed by atoms with Gasteiger partial charge in [-0.05, 0) is 32.9 Å². The van der Waals surface area contributed by atoms with E-state index in [0.29, 0.717) is 0 Å². The quantitative estimate of drug-likeness (QED) is 0.777. The molecule has 0 aliphatic carbocycles. The van der Waals surface area contributed by atoms with Gasteiger partial charge in [-0.3, -0.25) is 4.90 Å². The van der Waals surface area contributed by atoms with Crippen LogP contribution >= 0.6 is 0 Å². The number of nitrogens with zero attached hydrogens (tertiary/aromatic N) is 2. The Morgan fingerprint density at radius 2 is 2.12 bits per heavy atom.